The molecule has 0 aliphatic carbocycles. The maximum atomic E-state index is 12.5. The zero-order valence-electron chi connectivity index (χ0n) is 40.0. The van der Waals surface area contributed by atoms with E-state index in [4.69, 9.17) is 8.83 Å². The van der Waals surface area contributed by atoms with E-state index >= 15 is 0 Å². The second-order valence-corrected chi connectivity index (χ2v) is 21.4. The maximum Gasteiger partial charge on any atom is 0.534 e. The minimum absolute atomic E-state index is 0.159. The van der Waals surface area contributed by atoms with E-state index in [9.17, 15) is 31.6 Å². The lowest BCUT2D eigenvalue weighted by molar-refractivity contribution is -0.0499. The number of aromatic nitrogens is 2. The van der Waals surface area contributed by atoms with Crippen LogP contribution in [0.15, 0.2) is 236 Å². The van der Waals surface area contributed by atoms with Crippen molar-refractivity contribution >= 4 is 142 Å². The summed E-state index contributed by atoms with van der Waals surface area (Å²) >= 11 is 6.86. The molecule has 9 nitrogen and oxygen atoms in total. The molecule has 0 bridgehead atoms. The van der Waals surface area contributed by atoms with Crippen LogP contribution in [-0.2, 0) is 10.1 Å². The van der Waals surface area contributed by atoms with Crippen LogP contribution in [0.1, 0.15) is 0 Å². The molecule has 0 saturated carbocycles. The van der Waals surface area contributed by atoms with Crippen LogP contribution in [0.4, 0.5) is 13.2 Å². The van der Waals surface area contributed by atoms with Gasteiger partial charge in [-0.1, -0.05) is 141 Å². The standard InChI is InChI=1S/C30H18BrNO.C18H14BNO2.C13H6BrF3O4S/c31-20-14-16-28-25(18-20)30-22(10-6-12-29(30)33-28)19-13-15-27-24(17-19)23-9-4-5-11-26(23)32(27)21-7-2-1-3-8-21;21-19(22)13-10-11-18-16(12-13)15-8-4-5-9-17(15)20(18)14-6-2-1-3-7-14;14-7-4-5-9-8(6-7)12-10(20-9)2-1-3-11(12)21-22(18,19)13(15,16)17/h1-18H;1-12,21-22H;1-6H. The fourth-order valence-corrected chi connectivity index (χ4v) is 11.2. The number of hydrogen-bond donors (Lipinski definition) is 2. The van der Waals surface area contributed by atoms with Crippen molar-refractivity contribution < 1.29 is 44.7 Å². The molecule has 0 aliphatic heterocycles. The second-order valence-electron chi connectivity index (χ2n) is 18.0. The maximum absolute atomic E-state index is 12.5. The molecule has 0 spiro atoms. The molecule has 378 valence electrons. The molecule has 14 rings (SSSR count). The van der Waals surface area contributed by atoms with Gasteiger partial charge in [0.25, 0.3) is 0 Å². The first-order valence-electron chi connectivity index (χ1n) is 24.0. The van der Waals surface area contributed by atoms with Gasteiger partial charge in [-0.2, -0.15) is 21.6 Å². The third-order valence-electron chi connectivity index (χ3n) is 13.4. The van der Waals surface area contributed by atoms with Crippen molar-refractivity contribution in [1.82, 2.24) is 9.13 Å². The summed E-state index contributed by atoms with van der Waals surface area (Å²) in [7, 11) is -7.21. The number of halogens is 5. The normalized spacial score (nSPS) is 11.9. The van der Waals surface area contributed by atoms with Gasteiger partial charge in [0.05, 0.1) is 27.5 Å². The van der Waals surface area contributed by atoms with Gasteiger partial charge in [0.15, 0.2) is 5.75 Å². The number of alkyl halides is 3. The van der Waals surface area contributed by atoms with E-state index < -0.39 is 28.5 Å². The molecular formula is C61H38BBr2F3N2O7S. The number of fused-ring (bicyclic) bond motifs is 12. The smallest absolute Gasteiger partial charge is 0.456 e. The lowest BCUT2D eigenvalue weighted by atomic mass is 9.80. The summed E-state index contributed by atoms with van der Waals surface area (Å²) in [5.41, 5.74) is 6.65. The fourth-order valence-electron chi connectivity index (χ4n) is 10.0. The first kappa shape index (κ1) is 49.7. The molecule has 4 aromatic heterocycles. The Morgan fingerprint density at radius 2 is 0.935 bits per heavy atom. The van der Waals surface area contributed by atoms with Gasteiger partial charge >= 0.3 is 22.7 Å². The third-order valence-corrected chi connectivity index (χ3v) is 15.3. The predicted octanol–water partition coefficient (Wildman–Crippen LogP) is 16.2. The van der Waals surface area contributed by atoms with Gasteiger partial charge < -0.3 is 32.2 Å². The van der Waals surface area contributed by atoms with Gasteiger partial charge in [0.1, 0.15) is 22.3 Å². The summed E-state index contributed by atoms with van der Waals surface area (Å²) in [5.74, 6) is -0.438. The number of para-hydroxylation sites is 4. The SMILES string of the molecule is Brc1ccc2oc3cccc(-c4ccc5c(c4)c4ccccc4n5-c4ccccc4)c3c2c1.O=S(=O)(Oc1cccc2oc3ccc(Br)cc3c12)C(F)(F)F.OB(O)c1ccc2c(c1)c1ccccc1n2-c1ccccc1. The van der Waals surface area contributed by atoms with Crippen LogP contribution in [-0.4, -0.2) is 40.2 Å². The van der Waals surface area contributed by atoms with Gasteiger partial charge in [0.2, 0.25) is 0 Å². The number of nitrogens with zero attached hydrogens (tertiary/aromatic N) is 2. The number of benzene rings is 10. The van der Waals surface area contributed by atoms with E-state index in [1.54, 1.807) is 24.3 Å². The molecule has 0 radical (unpaired) electrons. The van der Waals surface area contributed by atoms with Crippen molar-refractivity contribution in [2.45, 2.75) is 5.51 Å². The highest BCUT2D eigenvalue weighted by atomic mass is 79.9. The van der Waals surface area contributed by atoms with Gasteiger partial charge in [-0.25, -0.2) is 0 Å². The van der Waals surface area contributed by atoms with Crippen molar-refractivity contribution in [3.63, 3.8) is 0 Å². The van der Waals surface area contributed by atoms with E-state index in [0.29, 0.717) is 20.9 Å². The topological polar surface area (TPSA) is 120 Å². The Morgan fingerprint density at radius 3 is 1.49 bits per heavy atom. The first-order valence-corrected chi connectivity index (χ1v) is 27.0. The Labute approximate surface area is 454 Å². The van der Waals surface area contributed by atoms with Crippen LogP contribution >= 0.6 is 31.9 Å². The Balaban J connectivity index is 0.000000120. The summed E-state index contributed by atoms with van der Waals surface area (Å²) in [4.78, 5) is 0. The minimum Gasteiger partial charge on any atom is -0.456 e. The summed E-state index contributed by atoms with van der Waals surface area (Å²) in [6.07, 6.45) is 0. The highest BCUT2D eigenvalue weighted by Gasteiger charge is 2.49. The first-order chi connectivity index (χ1) is 37.2. The summed E-state index contributed by atoms with van der Waals surface area (Å²) in [6, 6.07) is 71.3. The molecule has 2 N–H and O–H groups in total. The number of hydrogen-bond acceptors (Lipinski definition) is 7. The monoisotopic (exact) mass is 1170 g/mol. The third kappa shape index (κ3) is 9.11. The minimum atomic E-state index is -5.75. The second kappa shape index (κ2) is 19.8. The van der Waals surface area contributed by atoms with Crippen LogP contribution < -0.4 is 9.65 Å². The Bertz CT molecular complexity index is 4690. The average Bonchev–Trinajstić information content (AvgIpc) is 4.37. The summed E-state index contributed by atoms with van der Waals surface area (Å²) in [6.45, 7) is 0. The van der Waals surface area contributed by atoms with Gasteiger partial charge in [0, 0.05) is 58.0 Å². The molecule has 14 aromatic rings. The molecule has 0 unspecified atom stereocenters. The largest absolute Gasteiger partial charge is 0.534 e. The molecule has 0 aliphatic rings. The van der Waals surface area contributed by atoms with E-state index in [-0.39, 0.29) is 11.0 Å². The molecule has 77 heavy (non-hydrogen) atoms. The summed E-state index contributed by atoms with van der Waals surface area (Å²) in [5, 5.41) is 26.4. The molecule has 0 fully saturated rings. The lowest BCUT2D eigenvalue weighted by Crippen LogP contribution is -2.29. The van der Waals surface area contributed by atoms with Crippen molar-refractivity contribution in [3.05, 3.63) is 227 Å². The number of rotatable bonds is 6. The van der Waals surface area contributed by atoms with Gasteiger partial charge in [-0.3, -0.25) is 0 Å². The Morgan fingerprint density at radius 1 is 0.455 bits per heavy atom. The Hall–Kier alpha value is -8.12. The highest BCUT2D eigenvalue weighted by molar-refractivity contribution is 9.10. The van der Waals surface area contributed by atoms with Crippen LogP contribution in [0.2, 0.25) is 0 Å². The van der Waals surface area contributed by atoms with E-state index in [1.165, 1.54) is 50.8 Å². The van der Waals surface area contributed by atoms with Crippen LogP contribution in [0.25, 0.3) is 110 Å². The average molecular weight is 1170 g/mol. The zero-order chi connectivity index (χ0) is 53.2. The lowest BCUT2D eigenvalue weighted by Gasteiger charge is -2.10. The van der Waals surface area contributed by atoms with E-state index in [2.05, 4.69) is 160 Å². The van der Waals surface area contributed by atoms with E-state index in [0.717, 1.165) is 60.0 Å². The van der Waals surface area contributed by atoms with Crippen molar-refractivity contribution in [2.75, 3.05) is 0 Å². The molecule has 16 heteroatoms. The molecule has 0 saturated heterocycles. The molecule has 10 aromatic carbocycles. The van der Waals surface area contributed by atoms with Crippen LogP contribution in [0, 0.1) is 0 Å². The highest BCUT2D eigenvalue weighted by Crippen LogP contribution is 2.42. The zero-order valence-corrected chi connectivity index (χ0v) is 44.0. The molecule has 4 heterocycles. The molecular weight excluding hydrogens is 1130 g/mol. The van der Waals surface area contributed by atoms with Gasteiger partial charge in [-0.15, -0.1) is 0 Å². The van der Waals surface area contributed by atoms with E-state index in [1.807, 2.05) is 60.7 Å². The van der Waals surface area contributed by atoms with Crippen molar-refractivity contribution in [3.8, 4) is 28.3 Å². The van der Waals surface area contributed by atoms with Crippen LogP contribution in [0.5, 0.6) is 5.75 Å². The van der Waals surface area contributed by atoms with Crippen molar-refractivity contribution in [1.29, 1.82) is 0 Å². The molecule has 0 atom stereocenters. The summed E-state index contributed by atoms with van der Waals surface area (Å²) < 4.78 is 82.0. The predicted molar refractivity (Wildman–Crippen MR) is 309 cm³/mol. The fraction of sp³-hybridized carbons (Fsp3) is 0.0164. The Kier molecular flexibility index (Phi) is 12.8. The number of furan rings is 2. The quantitative estimate of drug-likeness (QED) is 0.0966. The molecule has 0 amide bonds. The van der Waals surface area contributed by atoms with Gasteiger partial charge in [-0.05, 0) is 126 Å². The van der Waals surface area contributed by atoms with Crippen LogP contribution in [0.3, 0.4) is 0 Å². The van der Waals surface area contributed by atoms with Crippen molar-refractivity contribution in [2.24, 2.45) is 0 Å².